The highest BCUT2D eigenvalue weighted by molar-refractivity contribution is 7.89. The van der Waals surface area contributed by atoms with Crippen molar-refractivity contribution < 1.29 is 32.2 Å². The van der Waals surface area contributed by atoms with Crippen molar-refractivity contribution in [2.24, 2.45) is 0 Å². The lowest BCUT2D eigenvalue weighted by Gasteiger charge is -2.11. The molecule has 0 aliphatic carbocycles. The molecule has 0 fully saturated rings. The molecule has 0 unspecified atom stereocenters. The lowest BCUT2D eigenvalue weighted by molar-refractivity contribution is -0.142. The molecule has 0 atom stereocenters. The number of sulfonamides is 1. The minimum absolute atomic E-state index is 0.0293. The molecule has 2 rings (SSSR count). The van der Waals surface area contributed by atoms with Crippen molar-refractivity contribution >= 4 is 39.2 Å². The largest absolute Gasteiger partial charge is 0.482 e. The molecule has 1 amide bonds. The Balaban J connectivity index is 1.89. The van der Waals surface area contributed by atoms with Crippen LogP contribution in [0.5, 0.6) is 5.75 Å². The van der Waals surface area contributed by atoms with Crippen LogP contribution in [0.25, 0.3) is 0 Å². The summed E-state index contributed by atoms with van der Waals surface area (Å²) in [6, 6.07) is 10.7. The van der Waals surface area contributed by atoms with E-state index in [2.05, 4.69) is 10.0 Å². The molecule has 0 heterocycles. The number of halogens is 1. The first-order valence-electron chi connectivity index (χ1n) is 9.70. The monoisotopic (exact) mass is 484 g/mol. The lowest BCUT2D eigenvalue weighted by atomic mass is 10.1. The van der Waals surface area contributed by atoms with Crippen LogP contribution in [0.2, 0.25) is 5.02 Å². The Morgan fingerprint density at radius 3 is 2.44 bits per heavy atom. The van der Waals surface area contributed by atoms with Crippen molar-refractivity contribution in [3.8, 4) is 5.75 Å². The van der Waals surface area contributed by atoms with Gasteiger partial charge in [-0.3, -0.25) is 9.59 Å². The number of methoxy groups -OCH3 is 1. The maximum atomic E-state index is 12.2. The number of anilines is 1. The van der Waals surface area contributed by atoms with Gasteiger partial charge in [0.15, 0.2) is 6.61 Å². The molecule has 2 aromatic carbocycles. The molecule has 32 heavy (non-hydrogen) atoms. The van der Waals surface area contributed by atoms with Crippen LogP contribution in [0, 0.1) is 0 Å². The Morgan fingerprint density at radius 1 is 1.09 bits per heavy atom. The molecule has 0 bridgehead atoms. The van der Waals surface area contributed by atoms with Crippen LogP contribution >= 0.6 is 11.6 Å². The van der Waals surface area contributed by atoms with E-state index in [0.717, 1.165) is 5.56 Å². The second kappa shape index (κ2) is 12.4. The average molecular weight is 485 g/mol. The predicted octanol–water partition coefficient (Wildman–Crippen LogP) is 2.39. The highest BCUT2D eigenvalue weighted by Gasteiger charge is 2.16. The van der Waals surface area contributed by atoms with E-state index in [1.54, 1.807) is 31.2 Å². The lowest BCUT2D eigenvalue weighted by Crippen LogP contribution is -2.27. The van der Waals surface area contributed by atoms with Gasteiger partial charge in [0.2, 0.25) is 10.0 Å². The maximum Gasteiger partial charge on any atom is 0.310 e. The van der Waals surface area contributed by atoms with Crippen LogP contribution in [0.3, 0.4) is 0 Å². The first-order valence-corrected chi connectivity index (χ1v) is 11.6. The summed E-state index contributed by atoms with van der Waals surface area (Å²) in [6.07, 6.45) is 0.150. The second-order valence-corrected chi connectivity index (χ2v) is 8.67. The van der Waals surface area contributed by atoms with Crippen LogP contribution in [-0.2, 0) is 35.5 Å². The topological polar surface area (TPSA) is 120 Å². The SMILES string of the molecule is CCOC(=O)Cc1ccc(NC(=O)COc2ccc(S(=O)(=O)NCCOC)cc2Cl)cc1. The average Bonchev–Trinajstić information content (AvgIpc) is 2.74. The number of esters is 1. The summed E-state index contributed by atoms with van der Waals surface area (Å²) in [5.74, 6) is -0.585. The highest BCUT2D eigenvalue weighted by Crippen LogP contribution is 2.27. The van der Waals surface area contributed by atoms with E-state index in [9.17, 15) is 18.0 Å². The van der Waals surface area contributed by atoms with Gasteiger partial charge in [-0.2, -0.15) is 0 Å². The molecule has 0 spiro atoms. The van der Waals surface area contributed by atoms with Gasteiger partial charge in [0.05, 0.1) is 29.6 Å². The number of ether oxygens (including phenoxy) is 3. The molecule has 0 saturated carbocycles. The van der Waals surface area contributed by atoms with Gasteiger partial charge in [-0.25, -0.2) is 13.1 Å². The van der Waals surface area contributed by atoms with Crippen LogP contribution in [0.1, 0.15) is 12.5 Å². The zero-order valence-electron chi connectivity index (χ0n) is 17.7. The Bertz CT molecular complexity index is 1030. The van der Waals surface area contributed by atoms with Crippen molar-refractivity contribution in [2.75, 3.05) is 38.8 Å². The molecule has 2 N–H and O–H groups in total. The van der Waals surface area contributed by atoms with Gasteiger partial charge in [-0.15, -0.1) is 0 Å². The summed E-state index contributed by atoms with van der Waals surface area (Å²) in [5.41, 5.74) is 1.29. The summed E-state index contributed by atoms with van der Waals surface area (Å²) >= 11 is 6.11. The van der Waals surface area contributed by atoms with Crippen molar-refractivity contribution in [3.63, 3.8) is 0 Å². The van der Waals surface area contributed by atoms with Crippen molar-refractivity contribution in [1.82, 2.24) is 4.72 Å². The van der Waals surface area contributed by atoms with Crippen LogP contribution in [-0.4, -0.2) is 53.8 Å². The minimum Gasteiger partial charge on any atom is -0.482 e. The number of hydrogen-bond donors (Lipinski definition) is 2. The summed E-state index contributed by atoms with van der Waals surface area (Å²) < 4.78 is 41.9. The Hall–Kier alpha value is -2.66. The molecular weight excluding hydrogens is 460 g/mol. The minimum atomic E-state index is -3.74. The molecule has 0 saturated heterocycles. The van der Waals surface area contributed by atoms with Crippen molar-refractivity contribution in [1.29, 1.82) is 0 Å². The normalized spacial score (nSPS) is 11.1. The number of rotatable bonds is 12. The fourth-order valence-electron chi connectivity index (χ4n) is 2.55. The van der Waals surface area contributed by atoms with Crippen molar-refractivity contribution in [3.05, 3.63) is 53.1 Å². The zero-order valence-corrected chi connectivity index (χ0v) is 19.3. The third-order valence-corrected chi connectivity index (χ3v) is 5.82. The van der Waals surface area contributed by atoms with Crippen molar-refractivity contribution in [2.45, 2.75) is 18.2 Å². The van der Waals surface area contributed by atoms with Crippen LogP contribution in [0.15, 0.2) is 47.4 Å². The number of benzene rings is 2. The number of hydrogen-bond acceptors (Lipinski definition) is 7. The number of nitrogens with one attached hydrogen (secondary N) is 2. The molecule has 0 aromatic heterocycles. The zero-order chi connectivity index (χ0) is 23.6. The van der Waals surface area contributed by atoms with E-state index in [-0.39, 0.29) is 47.8 Å². The number of amides is 1. The van der Waals surface area contributed by atoms with Gasteiger partial charge in [-0.05, 0) is 42.8 Å². The second-order valence-electron chi connectivity index (χ2n) is 6.50. The van der Waals surface area contributed by atoms with Gasteiger partial charge in [-0.1, -0.05) is 23.7 Å². The molecule has 0 aliphatic rings. The standard InChI is InChI=1S/C21H25ClN2O7S/c1-3-30-21(26)12-15-4-6-16(7-5-15)24-20(25)14-31-19-9-8-17(13-18(19)22)32(27,28)23-10-11-29-2/h4-9,13,23H,3,10-12,14H2,1-2H3,(H,24,25). The predicted molar refractivity (Wildman–Crippen MR) is 119 cm³/mol. The molecule has 9 nitrogen and oxygen atoms in total. The first kappa shape index (κ1) is 25.6. The van der Waals surface area contributed by atoms with Gasteiger partial charge in [0.25, 0.3) is 5.91 Å². The van der Waals surface area contributed by atoms with Gasteiger partial charge < -0.3 is 19.5 Å². The van der Waals surface area contributed by atoms with E-state index in [0.29, 0.717) is 12.3 Å². The smallest absolute Gasteiger partial charge is 0.310 e. The molecular formula is C21H25ClN2O7S. The molecule has 11 heteroatoms. The quantitative estimate of drug-likeness (QED) is 0.350. The Labute approximate surface area is 192 Å². The molecule has 0 aliphatic heterocycles. The van der Waals surface area contributed by atoms with E-state index < -0.39 is 15.9 Å². The van der Waals surface area contributed by atoms with E-state index in [1.165, 1.54) is 25.3 Å². The van der Waals surface area contributed by atoms with E-state index >= 15 is 0 Å². The van der Waals surface area contributed by atoms with Gasteiger partial charge in [0, 0.05) is 19.3 Å². The molecule has 174 valence electrons. The van der Waals surface area contributed by atoms with Gasteiger partial charge >= 0.3 is 5.97 Å². The van der Waals surface area contributed by atoms with E-state index in [1.807, 2.05) is 0 Å². The fraction of sp³-hybridized carbons (Fsp3) is 0.333. The first-order chi connectivity index (χ1) is 15.2. The number of carbonyl (C=O) groups is 2. The summed E-state index contributed by atoms with van der Waals surface area (Å²) in [5, 5.41) is 2.71. The number of carbonyl (C=O) groups excluding carboxylic acids is 2. The third-order valence-electron chi connectivity index (χ3n) is 4.06. The van der Waals surface area contributed by atoms with Crippen LogP contribution in [0.4, 0.5) is 5.69 Å². The van der Waals surface area contributed by atoms with Crippen LogP contribution < -0.4 is 14.8 Å². The molecule has 0 radical (unpaired) electrons. The molecule has 2 aromatic rings. The highest BCUT2D eigenvalue weighted by atomic mass is 35.5. The summed E-state index contributed by atoms with van der Waals surface area (Å²) in [4.78, 5) is 23.6. The van der Waals surface area contributed by atoms with Gasteiger partial charge in [0.1, 0.15) is 5.75 Å². The maximum absolute atomic E-state index is 12.2. The summed E-state index contributed by atoms with van der Waals surface area (Å²) in [6.45, 7) is 2.09. The summed E-state index contributed by atoms with van der Waals surface area (Å²) in [7, 11) is -2.27. The fourth-order valence-corrected chi connectivity index (χ4v) is 3.89. The van der Waals surface area contributed by atoms with E-state index in [4.69, 9.17) is 25.8 Å². The Kier molecular flexibility index (Phi) is 9.92. The Morgan fingerprint density at radius 2 is 1.81 bits per heavy atom. The third kappa shape index (κ3) is 8.12.